The zero-order chi connectivity index (χ0) is 8.93. The Balaban J connectivity index is 1.63. The van der Waals surface area contributed by atoms with Crippen molar-refractivity contribution in [3.8, 4) is 0 Å². The third-order valence-electron chi connectivity index (χ3n) is 2.61. The van der Waals surface area contributed by atoms with Crippen LogP contribution in [-0.2, 0) is 6.42 Å². The molecule has 1 N–H and O–H groups in total. The van der Waals surface area contributed by atoms with Gasteiger partial charge in [-0.2, -0.15) is 0 Å². The van der Waals surface area contributed by atoms with Gasteiger partial charge in [0.2, 0.25) is 0 Å². The van der Waals surface area contributed by atoms with Crippen molar-refractivity contribution in [1.82, 2.24) is 10.3 Å². The first kappa shape index (κ1) is 9.16. The number of nitrogens with one attached hydrogen (secondary N) is 1. The minimum atomic E-state index is 0.792. The molecule has 1 heterocycles. The molecule has 0 aromatic carbocycles. The molecule has 0 spiro atoms. The van der Waals surface area contributed by atoms with Gasteiger partial charge in [-0.25, -0.2) is 4.98 Å². The predicted octanol–water partition coefficient (Wildman–Crippen LogP) is 2.22. The maximum Gasteiger partial charge on any atom is 0.0937 e. The lowest BCUT2D eigenvalue weighted by Gasteiger charge is -2.09. The van der Waals surface area contributed by atoms with Crippen molar-refractivity contribution >= 4 is 11.3 Å². The second kappa shape index (κ2) is 4.72. The number of nitrogens with zero attached hydrogens (tertiary/aromatic N) is 1. The summed E-state index contributed by atoms with van der Waals surface area (Å²) in [5, 5.41) is 6.89. The summed E-state index contributed by atoms with van der Waals surface area (Å²) in [6.07, 6.45) is 8.54. The van der Waals surface area contributed by atoms with Crippen molar-refractivity contribution in [2.75, 3.05) is 6.54 Å². The van der Waals surface area contributed by atoms with Crippen molar-refractivity contribution in [1.29, 1.82) is 0 Å². The van der Waals surface area contributed by atoms with Gasteiger partial charge in [0.1, 0.15) is 0 Å². The van der Waals surface area contributed by atoms with Crippen LogP contribution in [-0.4, -0.2) is 17.6 Å². The molecule has 0 bridgehead atoms. The Hall–Kier alpha value is -0.410. The molecule has 2 rings (SSSR count). The summed E-state index contributed by atoms with van der Waals surface area (Å²) in [7, 11) is 0. The van der Waals surface area contributed by atoms with E-state index in [-0.39, 0.29) is 0 Å². The van der Waals surface area contributed by atoms with Crippen LogP contribution in [0.3, 0.4) is 0 Å². The van der Waals surface area contributed by atoms with Crippen LogP contribution in [0.25, 0.3) is 0 Å². The van der Waals surface area contributed by atoms with Crippen LogP contribution in [0.2, 0.25) is 0 Å². The Kier molecular flexibility index (Phi) is 3.33. The normalized spacial score (nSPS) is 18.2. The molecule has 1 aliphatic rings. The van der Waals surface area contributed by atoms with Crippen molar-refractivity contribution in [2.24, 2.45) is 0 Å². The third kappa shape index (κ3) is 2.78. The minimum absolute atomic E-state index is 0.792. The molecule has 1 aromatic rings. The van der Waals surface area contributed by atoms with Crippen LogP contribution in [0.4, 0.5) is 0 Å². The Bertz CT molecular complexity index is 227. The molecule has 0 radical (unpaired) electrons. The quantitative estimate of drug-likeness (QED) is 0.798. The third-order valence-corrected chi connectivity index (χ3v) is 3.45. The highest BCUT2D eigenvalue weighted by molar-refractivity contribution is 7.09. The Morgan fingerprint density at radius 1 is 1.46 bits per heavy atom. The van der Waals surface area contributed by atoms with Gasteiger partial charge in [-0.1, -0.05) is 12.8 Å². The summed E-state index contributed by atoms with van der Waals surface area (Å²) in [4.78, 5) is 4.26. The second-order valence-electron chi connectivity index (χ2n) is 3.61. The summed E-state index contributed by atoms with van der Waals surface area (Å²) in [6, 6.07) is 0.792. The topological polar surface area (TPSA) is 24.9 Å². The smallest absolute Gasteiger partial charge is 0.0937 e. The molecule has 0 atom stereocenters. The Morgan fingerprint density at radius 3 is 3.00 bits per heavy atom. The molecule has 2 nitrogen and oxygen atoms in total. The lowest BCUT2D eigenvalue weighted by molar-refractivity contribution is 0.527. The van der Waals surface area contributed by atoms with E-state index in [9.17, 15) is 0 Å². The molecule has 1 saturated carbocycles. The lowest BCUT2D eigenvalue weighted by atomic mass is 10.2. The number of aromatic nitrogens is 1. The van der Waals surface area contributed by atoms with Gasteiger partial charge >= 0.3 is 0 Å². The van der Waals surface area contributed by atoms with Crippen molar-refractivity contribution in [2.45, 2.75) is 38.1 Å². The summed E-state index contributed by atoms with van der Waals surface area (Å²) in [5.74, 6) is 0. The van der Waals surface area contributed by atoms with Crippen molar-refractivity contribution < 1.29 is 0 Å². The minimum Gasteiger partial charge on any atom is -0.314 e. The molecular formula is C10H16N2S. The fourth-order valence-corrected chi connectivity index (χ4v) is 2.51. The highest BCUT2D eigenvalue weighted by Crippen LogP contribution is 2.17. The van der Waals surface area contributed by atoms with E-state index in [0.717, 1.165) is 19.0 Å². The molecule has 1 aromatic heterocycles. The lowest BCUT2D eigenvalue weighted by Crippen LogP contribution is -2.27. The Labute approximate surface area is 83.4 Å². The van der Waals surface area contributed by atoms with Gasteiger partial charge < -0.3 is 5.32 Å². The van der Waals surface area contributed by atoms with E-state index in [2.05, 4.69) is 10.3 Å². The zero-order valence-corrected chi connectivity index (χ0v) is 8.65. The predicted molar refractivity (Wildman–Crippen MR) is 56.1 cm³/mol. The molecule has 0 aliphatic heterocycles. The molecule has 13 heavy (non-hydrogen) atoms. The van der Waals surface area contributed by atoms with Crippen molar-refractivity contribution in [3.63, 3.8) is 0 Å². The van der Waals surface area contributed by atoms with Crippen LogP contribution in [0.1, 0.15) is 30.7 Å². The first-order valence-corrected chi connectivity index (χ1v) is 5.95. The zero-order valence-electron chi connectivity index (χ0n) is 7.83. The summed E-state index contributed by atoms with van der Waals surface area (Å²) >= 11 is 1.75. The SMILES string of the molecule is c1csc(CCNC2CCCC2)n1. The maximum absolute atomic E-state index is 4.26. The molecule has 1 aliphatic carbocycles. The summed E-state index contributed by atoms with van der Waals surface area (Å²) in [5.41, 5.74) is 0. The number of hydrogen-bond acceptors (Lipinski definition) is 3. The molecular weight excluding hydrogens is 180 g/mol. The van der Waals surface area contributed by atoms with Gasteiger partial charge in [0, 0.05) is 30.6 Å². The first-order chi connectivity index (χ1) is 6.45. The van der Waals surface area contributed by atoms with Crippen LogP contribution in [0.15, 0.2) is 11.6 Å². The van der Waals surface area contributed by atoms with Gasteiger partial charge in [-0.3, -0.25) is 0 Å². The van der Waals surface area contributed by atoms with Gasteiger partial charge in [-0.05, 0) is 12.8 Å². The van der Waals surface area contributed by atoms with Crippen LogP contribution in [0, 0.1) is 0 Å². The largest absolute Gasteiger partial charge is 0.314 e. The molecule has 1 fully saturated rings. The van der Waals surface area contributed by atoms with Gasteiger partial charge in [0.25, 0.3) is 0 Å². The summed E-state index contributed by atoms with van der Waals surface area (Å²) in [6.45, 7) is 1.10. The first-order valence-electron chi connectivity index (χ1n) is 5.07. The van der Waals surface area contributed by atoms with E-state index in [4.69, 9.17) is 0 Å². The van der Waals surface area contributed by atoms with Crippen molar-refractivity contribution in [3.05, 3.63) is 16.6 Å². The second-order valence-corrected chi connectivity index (χ2v) is 4.59. The Morgan fingerprint density at radius 2 is 2.31 bits per heavy atom. The average Bonchev–Trinajstić information content (AvgIpc) is 2.75. The standard InChI is InChI=1S/C10H16N2S/c1-2-4-9(3-1)11-6-5-10-12-7-8-13-10/h7-9,11H,1-6H2. The van der Waals surface area contributed by atoms with Gasteiger partial charge in [0.05, 0.1) is 5.01 Å². The molecule has 72 valence electrons. The molecule has 0 unspecified atom stereocenters. The monoisotopic (exact) mass is 196 g/mol. The van der Waals surface area contributed by atoms with Crippen LogP contribution >= 0.6 is 11.3 Å². The summed E-state index contributed by atoms with van der Waals surface area (Å²) < 4.78 is 0. The van der Waals surface area contributed by atoms with E-state index in [1.807, 2.05) is 11.6 Å². The number of hydrogen-bond donors (Lipinski definition) is 1. The van der Waals surface area contributed by atoms with E-state index in [1.165, 1.54) is 30.7 Å². The van der Waals surface area contributed by atoms with E-state index in [0.29, 0.717) is 0 Å². The number of thiazole rings is 1. The van der Waals surface area contributed by atoms with Gasteiger partial charge in [0.15, 0.2) is 0 Å². The average molecular weight is 196 g/mol. The van der Waals surface area contributed by atoms with E-state index < -0.39 is 0 Å². The highest BCUT2D eigenvalue weighted by Gasteiger charge is 2.13. The number of rotatable bonds is 4. The molecule has 0 saturated heterocycles. The van der Waals surface area contributed by atoms with Crippen LogP contribution < -0.4 is 5.32 Å². The fourth-order valence-electron chi connectivity index (χ4n) is 1.89. The van der Waals surface area contributed by atoms with Gasteiger partial charge in [-0.15, -0.1) is 11.3 Å². The molecule has 3 heteroatoms. The maximum atomic E-state index is 4.26. The van der Waals surface area contributed by atoms with E-state index in [1.54, 1.807) is 11.3 Å². The van der Waals surface area contributed by atoms with Crippen LogP contribution in [0.5, 0.6) is 0 Å². The fraction of sp³-hybridized carbons (Fsp3) is 0.700. The van der Waals surface area contributed by atoms with E-state index >= 15 is 0 Å². The molecule has 0 amide bonds. The highest BCUT2D eigenvalue weighted by atomic mass is 32.1.